The third-order valence-corrected chi connectivity index (χ3v) is 3.21. The molecule has 0 aliphatic carbocycles. The maximum atomic E-state index is 11.4. The third-order valence-electron chi connectivity index (χ3n) is 2.96. The lowest BCUT2D eigenvalue weighted by Crippen LogP contribution is -2.18. The molecule has 2 rings (SSSR count). The highest BCUT2D eigenvalue weighted by molar-refractivity contribution is 6.30. The van der Waals surface area contributed by atoms with Crippen molar-refractivity contribution in [3.8, 4) is 5.75 Å². The molecule has 21 heavy (non-hydrogen) atoms. The topological polar surface area (TPSA) is 70.6 Å². The largest absolute Gasteiger partial charge is 0.495 e. The van der Waals surface area contributed by atoms with Crippen LogP contribution in [-0.4, -0.2) is 18.2 Å². The third kappa shape index (κ3) is 3.87. The van der Waals surface area contributed by atoms with Crippen molar-refractivity contribution >= 4 is 23.2 Å². The molecule has 6 heteroatoms. The van der Waals surface area contributed by atoms with Crippen molar-refractivity contribution < 1.29 is 14.7 Å². The van der Waals surface area contributed by atoms with Crippen LogP contribution in [0.25, 0.3) is 0 Å². The molecule has 0 unspecified atom stereocenters. The molecule has 0 heterocycles. The molecule has 0 bridgehead atoms. The van der Waals surface area contributed by atoms with Crippen LogP contribution in [0.15, 0.2) is 42.5 Å². The minimum atomic E-state index is -0.577. The Morgan fingerprint density at radius 1 is 1.24 bits per heavy atom. The van der Waals surface area contributed by atoms with E-state index in [0.717, 1.165) is 5.56 Å². The molecule has 2 aromatic carbocycles. The van der Waals surface area contributed by atoms with Crippen molar-refractivity contribution in [1.82, 2.24) is 5.48 Å². The van der Waals surface area contributed by atoms with Crippen LogP contribution < -0.4 is 15.5 Å². The quantitative estimate of drug-likeness (QED) is 0.586. The molecule has 0 atom stereocenters. The van der Waals surface area contributed by atoms with Crippen LogP contribution in [0.4, 0.5) is 5.69 Å². The first-order valence-electron chi connectivity index (χ1n) is 6.25. The van der Waals surface area contributed by atoms with E-state index in [1.54, 1.807) is 30.8 Å². The Labute approximate surface area is 127 Å². The normalized spacial score (nSPS) is 10.0. The first-order chi connectivity index (χ1) is 10.1. The van der Waals surface area contributed by atoms with E-state index in [1.807, 2.05) is 24.3 Å². The summed E-state index contributed by atoms with van der Waals surface area (Å²) in [6.45, 7) is 0.553. The molecular formula is C15H15ClN2O3. The molecule has 0 aliphatic rings. The predicted octanol–water partition coefficient (Wildman–Crippen LogP) is 3.08. The van der Waals surface area contributed by atoms with E-state index in [-0.39, 0.29) is 0 Å². The molecule has 0 saturated carbocycles. The van der Waals surface area contributed by atoms with E-state index in [0.29, 0.717) is 28.6 Å². The van der Waals surface area contributed by atoms with E-state index in [9.17, 15) is 4.79 Å². The van der Waals surface area contributed by atoms with Crippen LogP contribution >= 0.6 is 11.6 Å². The van der Waals surface area contributed by atoms with Crippen molar-refractivity contribution in [2.45, 2.75) is 6.54 Å². The van der Waals surface area contributed by atoms with Gasteiger partial charge in [0.25, 0.3) is 5.91 Å². The number of benzene rings is 2. The van der Waals surface area contributed by atoms with Crippen molar-refractivity contribution in [3.05, 3.63) is 58.6 Å². The molecule has 5 nitrogen and oxygen atoms in total. The molecule has 0 saturated heterocycles. The minimum Gasteiger partial charge on any atom is -0.495 e. The molecule has 1 amide bonds. The van der Waals surface area contributed by atoms with Gasteiger partial charge in [-0.25, -0.2) is 5.48 Å². The van der Waals surface area contributed by atoms with E-state index < -0.39 is 5.91 Å². The van der Waals surface area contributed by atoms with E-state index in [2.05, 4.69) is 5.32 Å². The number of rotatable bonds is 5. The van der Waals surface area contributed by atoms with Gasteiger partial charge in [-0.1, -0.05) is 23.7 Å². The Kier molecular flexibility index (Phi) is 5.03. The number of hydrogen-bond acceptors (Lipinski definition) is 4. The maximum absolute atomic E-state index is 11.4. The van der Waals surface area contributed by atoms with Gasteiger partial charge in [0, 0.05) is 17.1 Å². The number of methoxy groups -OCH3 is 1. The highest BCUT2D eigenvalue weighted by Crippen LogP contribution is 2.26. The first kappa shape index (κ1) is 15.2. The van der Waals surface area contributed by atoms with Gasteiger partial charge in [0.05, 0.1) is 12.8 Å². The Morgan fingerprint density at radius 3 is 2.57 bits per heavy atom. The van der Waals surface area contributed by atoms with Gasteiger partial charge in [0.1, 0.15) is 5.75 Å². The van der Waals surface area contributed by atoms with Gasteiger partial charge in [0.2, 0.25) is 0 Å². The van der Waals surface area contributed by atoms with Crippen molar-refractivity contribution in [1.29, 1.82) is 0 Å². The zero-order valence-corrected chi connectivity index (χ0v) is 12.1. The SMILES string of the molecule is COc1ccc(C(=O)NO)cc1NCc1ccc(Cl)cc1. The Bertz CT molecular complexity index is 629. The Hall–Kier alpha value is -2.24. The monoisotopic (exact) mass is 306 g/mol. The second kappa shape index (κ2) is 6.97. The summed E-state index contributed by atoms with van der Waals surface area (Å²) in [5, 5.41) is 12.5. The molecule has 2 aromatic rings. The summed E-state index contributed by atoms with van der Waals surface area (Å²) in [4.78, 5) is 11.4. The van der Waals surface area contributed by atoms with Gasteiger partial charge in [-0.05, 0) is 35.9 Å². The predicted molar refractivity (Wildman–Crippen MR) is 81.0 cm³/mol. The number of halogens is 1. The van der Waals surface area contributed by atoms with E-state index >= 15 is 0 Å². The molecule has 0 fully saturated rings. The summed E-state index contributed by atoms with van der Waals surface area (Å²) in [6, 6.07) is 12.3. The molecule has 110 valence electrons. The highest BCUT2D eigenvalue weighted by Gasteiger charge is 2.09. The minimum absolute atomic E-state index is 0.330. The smallest absolute Gasteiger partial charge is 0.274 e. The number of hydroxylamine groups is 1. The number of carbonyl (C=O) groups excluding carboxylic acids is 1. The van der Waals surface area contributed by atoms with Crippen LogP contribution in [0.5, 0.6) is 5.75 Å². The zero-order valence-electron chi connectivity index (χ0n) is 11.4. The van der Waals surface area contributed by atoms with Crippen LogP contribution in [0.2, 0.25) is 5.02 Å². The van der Waals surface area contributed by atoms with E-state index in [1.165, 1.54) is 0 Å². The fourth-order valence-electron chi connectivity index (χ4n) is 1.85. The molecule has 0 spiro atoms. The van der Waals surface area contributed by atoms with Gasteiger partial charge in [-0.15, -0.1) is 0 Å². The van der Waals surface area contributed by atoms with Crippen molar-refractivity contribution in [3.63, 3.8) is 0 Å². The van der Waals surface area contributed by atoms with Crippen molar-refractivity contribution in [2.75, 3.05) is 12.4 Å². The van der Waals surface area contributed by atoms with Gasteiger partial charge in [-0.3, -0.25) is 10.0 Å². The number of hydrogen-bond donors (Lipinski definition) is 3. The lowest BCUT2D eigenvalue weighted by molar-refractivity contribution is 0.0706. The summed E-state index contributed by atoms with van der Waals surface area (Å²) in [6.07, 6.45) is 0. The summed E-state index contributed by atoms with van der Waals surface area (Å²) < 4.78 is 5.24. The average molecular weight is 307 g/mol. The fourth-order valence-corrected chi connectivity index (χ4v) is 1.98. The second-order valence-corrected chi connectivity index (χ2v) is 4.77. The van der Waals surface area contributed by atoms with Crippen LogP contribution in [0, 0.1) is 0 Å². The Morgan fingerprint density at radius 2 is 1.95 bits per heavy atom. The van der Waals surface area contributed by atoms with Gasteiger partial charge in [0.15, 0.2) is 0 Å². The van der Waals surface area contributed by atoms with E-state index in [4.69, 9.17) is 21.5 Å². The standard InChI is InChI=1S/C15H15ClN2O3/c1-21-14-7-4-11(15(19)18-20)8-13(14)17-9-10-2-5-12(16)6-3-10/h2-8,17,20H,9H2,1H3,(H,18,19). The highest BCUT2D eigenvalue weighted by atomic mass is 35.5. The first-order valence-corrected chi connectivity index (χ1v) is 6.62. The Balaban J connectivity index is 2.17. The van der Waals surface area contributed by atoms with Crippen LogP contribution in [0.3, 0.4) is 0 Å². The van der Waals surface area contributed by atoms with Crippen molar-refractivity contribution in [2.24, 2.45) is 0 Å². The van der Waals surface area contributed by atoms with Gasteiger partial charge >= 0.3 is 0 Å². The van der Waals surface area contributed by atoms with Crippen LogP contribution in [0.1, 0.15) is 15.9 Å². The van der Waals surface area contributed by atoms with Gasteiger partial charge in [-0.2, -0.15) is 0 Å². The number of amides is 1. The summed E-state index contributed by atoms with van der Waals surface area (Å²) in [7, 11) is 1.55. The van der Waals surface area contributed by atoms with Gasteiger partial charge < -0.3 is 10.1 Å². The maximum Gasteiger partial charge on any atom is 0.274 e. The molecule has 3 N–H and O–H groups in total. The number of ether oxygens (including phenoxy) is 1. The summed E-state index contributed by atoms with van der Waals surface area (Å²) in [5.74, 6) is 0.0330. The second-order valence-electron chi connectivity index (χ2n) is 4.34. The summed E-state index contributed by atoms with van der Waals surface area (Å²) >= 11 is 5.84. The van der Waals surface area contributed by atoms with Crippen LogP contribution in [-0.2, 0) is 6.54 Å². The summed E-state index contributed by atoms with van der Waals surface area (Å²) in [5.41, 5.74) is 3.64. The molecule has 0 aliphatic heterocycles. The molecule has 0 aromatic heterocycles. The zero-order chi connectivity index (χ0) is 15.2. The average Bonchev–Trinajstić information content (AvgIpc) is 2.53. The number of carbonyl (C=O) groups is 1. The molecular weight excluding hydrogens is 292 g/mol. The lowest BCUT2D eigenvalue weighted by Gasteiger charge is -2.12. The fraction of sp³-hybridized carbons (Fsp3) is 0.133. The number of nitrogens with one attached hydrogen (secondary N) is 2. The molecule has 0 radical (unpaired) electrons. The lowest BCUT2D eigenvalue weighted by atomic mass is 10.1. The number of anilines is 1.